The molecular weight excluding hydrogens is 216 g/mol. The second-order valence-electron chi connectivity index (χ2n) is 5.58. The molecule has 0 aromatic heterocycles. The molecule has 3 heteroatoms. The third kappa shape index (κ3) is 1.17. The summed E-state index contributed by atoms with van der Waals surface area (Å²) in [7, 11) is 3.21. The molecule has 0 unspecified atom stereocenters. The molecule has 0 radical (unpaired) electrons. The quantitative estimate of drug-likeness (QED) is 0.545. The van der Waals surface area contributed by atoms with Gasteiger partial charge in [-0.1, -0.05) is 12.2 Å². The molecule has 0 aromatic carbocycles. The minimum Gasteiger partial charge on any atom is -0.346 e. The average molecular weight is 236 g/mol. The van der Waals surface area contributed by atoms with E-state index in [1.165, 1.54) is 0 Å². The van der Waals surface area contributed by atoms with E-state index in [9.17, 15) is 4.79 Å². The van der Waals surface area contributed by atoms with Crippen LogP contribution < -0.4 is 0 Å². The first-order valence-corrected chi connectivity index (χ1v) is 6.52. The molecule has 4 aliphatic carbocycles. The van der Waals surface area contributed by atoms with Gasteiger partial charge in [-0.2, -0.15) is 0 Å². The van der Waals surface area contributed by atoms with Crippen LogP contribution in [-0.4, -0.2) is 25.8 Å². The number of ether oxygens (including phenoxy) is 2. The lowest BCUT2D eigenvalue weighted by atomic mass is 9.49. The number of carbonyl (C=O) groups is 1. The lowest BCUT2D eigenvalue weighted by Gasteiger charge is -2.60. The van der Waals surface area contributed by atoms with Crippen LogP contribution in [0.4, 0.5) is 0 Å². The van der Waals surface area contributed by atoms with E-state index in [1.807, 2.05) is 0 Å². The Hall–Kier alpha value is -0.670. The zero-order valence-electron chi connectivity index (χ0n) is 10.6. The van der Waals surface area contributed by atoms with Crippen LogP contribution in [0.25, 0.3) is 0 Å². The maximum Gasteiger partial charge on any atom is 0.238 e. The van der Waals surface area contributed by atoms with Crippen LogP contribution in [-0.2, 0) is 14.3 Å². The minimum atomic E-state index is -1.02. The predicted molar refractivity (Wildman–Crippen MR) is 63.4 cm³/mol. The van der Waals surface area contributed by atoms with Crippen molar-refractivity contribution < 1.29 is 14.3 Å². The highest BCUT2D eigenvalue weighted by Gasteiger charge is 2.67. The maximum absolute atomic E-state index is 12.5. The van der Waals surface area contributed by atoms with Crippen LogP contribution in [0.1, 0.15) is 32.1 Å². The topological polar surface area (TPSA) is 35.5 Å². The first kappa shape index (κ1) is 11.4. The van der Waals surface area contributed by atoms with Crippen molar-refractivity contribution in [3.63, 3.8) is 0 Å². The van der Waals surface area contributed by atoms with E-state index < -0.39 is 5.79 Å². The number of fused-ring (bicyclic) bond motifs is 2. The van der Waals surface area contributed by atoms with Crippen molar-refractivity contribution in [3.05, 3.63) is 12.2 Å². The Labute approximate surface area is 102 Å². The summed E-state index contributed by atoms with van der Waals surface area (Å²) in [4.78, 5) is 12.5. The number of allylic oxidation sites excluding steroid dienone is 1. The van der Waals surface area contributed by atoms with Crippen molar-refractivity contribution in [2.45, 2.75) is 37.9 Å². The van der Waals surface area contributed by atoms with E-state index in [0.29, 0.717) is 5.92 Å². The third-order valence-corrected chi connectivity index (χ3v) is 5.18. The van der Waals surface area contributed by atoms with E-state index >= 15 is 0 Å². The monoisotopic (exact) mass is 236 g/mol. The highest BCUT2D eigenvalue weighted by molar-refractivity contribution is 5.91. The van der Waals surface area contributed by atoms with E-state index in [1.54, 1.807) is 14.2 Å². The minimum absolute atomic E-state index is 0.147. The smallest absolute Gasteiger partial charge is 0.238 e. The van der Waals surface area contributed by atoms with Gasteiger partial charge >= 0.3 is 0 Å². The van der Waals surface area contributed by atoms with Crippen LogP contribution in [0.15, 0.2) is 12.2 Å². The van der Waals surface area contributed by atoms with E-state index in [0.717, 1.165) is 32.1 Å². The zero-order valence-corrected chi connectivity index (χ0v) is 10.6. The van der Waals surface area contributed by atoms with Crippen LogP contribution in [0.3, 0.4) is 0 Å². The molecule has 3 fully saturated rings. The highest BCUT2D eigenvalue weighted by Crippen LogP contribution is 2.62. The van der Waals surface area contributed by atoms with Crippen LogP contribution >= 0.6 is 0 Å². The summed E-state index contributed by atoms with van der Waals surface area (Å²) >= 11 is 0. The molecule has 0 aliphatic heterocycles. The number of Topliss-reactive ketones (excluding diaryl/α,β-unsaturated/α-hetero) is 1. The van der Waals surface area contributed by atoms with Gasteiger partial charge in [0.2, 0.25) is 5.79 Å². The van der Waals surface area contributed by atoms with Crippen molar-refractivity contribution in [3.8, 4) is 0 Å². The van der Waals surface area contributed by atoms with Crippen molar-refractivity contribution in [2.75, 3.05) is 14.2 Å². The molecule has 0 heterocycles. The molecule has 94 valence electrons. The van der Waals surface area contributed by atoms with Gasteiger partial charge in [0, 0.05) is 20.1 Å². The van der Waals surface area contributed by atoms with Crippen molar-refractivity contribution in [1.29, 1.82) is 0 Å². The van der Waals surface area contributed by atoms with Gasteiger partial charge in [-0.3, -0.25) is 4.79 Å². The van der Waals surface area contributed by atoms with Crippen LogP contribution in [0, 0.1) is 17.3 Å². The van der Waals surface area contributed by atoms with Gasteiger partial charge in [0.25, 0.3) is 0 Å². The van der Waals surface area contributed by atoms with Gasteiger partial charge in [0.05, 0.1) is 5.41 Å². The summed E-state index contributed by atoms with van der Waals surface area (Å²) in [5.41, 5.74) is -0.208. The van der Waals surface area contributed by atoms with Gasteiger partial charge in [0.1, 0.15) is 0 Å². The lowest BCUT2D eigenvalue weighted by molar-refractivity contribution is -0.287. The molecule has 0 aromatic rings. The SMILES string of the molecule is COC1(OC)C(=O)[C@H]2CC[C@@]13C=CCC[C@@H]3C2. The van der Waals surface area contributed by atoms with Gasteiger partial charge in [-0.25, -0.2) is 0 Å². The van der Waals surface area contributed by atoms with Crippen molar-refractivity contribution >= 4 is 5.78 Å². The number of methoxy groups -OCH3 is 2. The first-order chi connectivity index (χ1) is 8.20. The molecule has 2 bridgehead atoms. The fraction of sp³-hybridized carbons (Fsp3) is 0.786. The highest BCUT2D eigenvalue weighted by atomic mass is 16.7. The fourth-order valence-corrected chi connectivity index (χ4v) is 4.42. The summed E-state index contributed by atoms with van der Waals surface area (Å²) < 4.78 is 11.2. The van der Waals surface area contributed by atoms with Gasteiger partial charge in [0.15, 0.2) is 5.78 Å². The van der Waals surface area contributed by atoms with Gasteiger partial charge in [-0.05, 0) is 38.0 Å². The second kappa shape index (κ2) is 3.66. The molecule has 4 rings (SSSR count). The summed E-state index contributed by atoms with van der Waals surface area (Å²) in [6.45, 7) is 0. The number of rotatable bonds is 2. The molecule has 1 spiro atoms. The standard InChI is InChI=1S/C14H20O3/c1-16-14(17-2)12(15)10-6-8-13(14)7-4-3-5-11(13)9-10/h4,7,10-11H,3,5-6,8-9H2,1-2H3/t10-,11+,13+/m0/s1. The molecule has 0 N–H and O–H groups in total. The number of carbonyl (C=O) groups excluding carboxylic acids is 1. The molecule has 0 saturated heterocycles. The summed E-state index contributed by atoms with van der Waals surface area (Å²) in [5.74, 6) is -0.163. The van der Waals surface area contributed by atoms with Crippen molar-refractivity contribution in [2.24, 2.45) is 17.3 Å². The Morgan fingerprint density at radius 2 is 2.06 bits per heavy atom. The molecule has 0 amide bonds. The maximum atomic E-state index is 12.5. The molecule has 17 heavy (non-hydrogen) atoms. The van der Waals surface area contributed by atoms with Gasteiger partial charge in [-0.15, -0.1) is 0 Å². The van der Waals surface area contributed by atoms with Gasteiger partial charge < -0.3 is 9.47 Å². The van der Waals surface area contributed by atoms with E-state index in [-0.39, 0.29) is 17.1 Å². The zero-order chi connectivity index (χ0) is 12.1. The summed E-state index contributed by atoms with van der Waals surface area (Å²) in [6.07, 6.45) is 9.73. The fourth-order valence-electron chi connectivity index (χ4n) is 4.42. The Morgan fingerprint density at radius 3 is 2.76 bits per heavy atom. The number of hydrogen-bond acceptors (Lipinski definition) is 3. The average Bonchev–Trinajstić information content (AvgIpc) is 2.39. The third-order valence-electron chi connectivity index (χ3n) is 5.18. The Bertz CT molecular complexity index is 370. The Kier molecular flexibility index (Phi) is 2.46. The summed E-state index contributed by atoms with van der Waals surface area (Å²) in [6, 6.07) is 0. The summed E-state index contributed by atoms with van der Waals surface area (Å²) in [5, 5.41) is 0. The normalized spacial score (nSPS) is 42.6. The molecule has 4 aliphatic rings. The van der Waals surface area contributed by atoms with Crippen LogP contribution in [0.2, 0.25) is 0 Å². The van der Waals surface area contributed by atoms with E-state index in [2.05, 4.69) is 12.2 Å². The Morgan fingerprint density at radius 1 is 1.29 bits per heavy atom. The second-order valence-corrected chi connectivity index (χ2v) is 5.58. The van der Waals surface area contributed by atoms with E-state index in [4.69, 9.17) is 9.47 Å². The molecule has 3 nitrogen and oxygen atoms in total. The lowest BCUT2D eigenvalue weighted by Crippen LogP contribution is -2.68. The molecule has 3 atom stereocenters. The molecular formula is C14H20O3. The largest absolute Gasteiger partial charge is 0.346 e. The van der Waals surface area contributed by atoms with Crippen LogP contribution in [0.5, 0.6) is 0 Å². The Balaban J connectivity index is 2.15. The molecule has 3 saturated carbocycles. The number of ketones is 1. The van der Waals surface area contributed by atoms with Crippen molar-refractivity contribution in [1.82, 2.24) is 0 Å². The number of hydrogen-bond donors (Lipinski definition) is 0. The first-order valence-electron chi connectivity index (χ1n) is 6.52. The predicted octanol–water partition coefficient (Wildman–Crippen LogP) is 2.31.